The molecule has 3 rings (SSSR count). The highest BCUT2D eigenvalue weighted by atomic mass is 35.5. The molecule has 0 aliphatic heterocycles. The molecule has 0 saturated heterocycles. The maximum Gasteiger partial charge on any atom is 0.230 e. The SMILES string of the molecule is CN(C)c1nc(Cl)nc(NCC2CC3CCC2C3)n1. The smallest absolute Gasteiger partial charge is 0.230 e. The van der Waals surface area contributed by atoms with Crippen LogP contribution in [0.5, 0.6) is 0 Å². The van der Waals surface area contributed by atoms with Gasteiger partial charge in [0, 0.05) is 20.6 Å². The molecule has 2 aliphatic carbocycles. The Kier molecular flexibility index (Phi) is 3.48. The second-order valence-corrected chi connectivity index (χ2v) is 6.28. The van der Waals surface area contributed by atoms with Crippen LogP contribution in [0.3, 0.4) is 0 Å². The number of fused-ring (bicyclic) bond motifs is 2. The van der Waals surface area contributed by atoms with Crippen molar-refractivity contribution in [3.8, 4) is 0 Å². The highest BCUT2D eigenvalue weighted by molar-refractivity contribution is 6.28. The molecule has 2 bridgehead atoms. The summed E-state index contributed by atoms with van der Waals surface area (Å²) in [6.07, 6.45) is 5.62. The van der Waals surface area contributed by atoms with Crippen LogP contribution in [0.4, 0.5) is 11.9 Å². The first-order valence-electron chi connectivity index (χ1n) is 6.94. The van der Waals surface area contributed by atoms with Crippen LogP contribution in [0.15, 0.2) is 0 Å². The molecule has 1 heterocycles. The van der Waals surface area contributed by atoms with Gasteiger partial charge in [0.25, 0.3) is 0 Å². The molecule has 0 amide bonds. The van der Waals surface area contributed by atoms with E-state index < -0.39 is 0 Å². The summed E-state index contributed by atoms with van der Waals surface area (Å²) in [5.74, 6) is 3.83. The first-order valence-corrected chi connectivity index (χ1v) is 7.32. The Morgan fingerprint density at radius 1 is 1.21 bits per heavy atom. The molecule has 1 N–H and O–H groups in total. The molecule has 2 saturated carbocycles. The number of hydrogen-bond acceptors (Lipinski definition) is 5. The van der Waals surface area contributed by atoms with Gasteiger partial charge in [-0.3, -0.25) is 0 Å². The number of rotatable bonds is 4. The lowest BCUT2D eigenvalue weighted by atomic mass is 9.89. The average molecular weight is 282 g/mol. The molecule has 3 unspecified atom stereocenters. The van der Waals surface area contributed by atoms with Crippen LogP contribution in [0, 0.1) is 17.8 Å². The topological polar surface area (TPSA) is 53.9 Å². The first kappa shape index (κ1) is 12.9. The number of nitrogens with one attached hydrogen (secondary N) is 1. The van der Waals surface area contributed by atoms with Crippen molar-refractivity contribution in [2.75, 3.05) is 30.9 Å². The highest BCUT2D eigenvalue weighted by Gasteiger charge is 2.39. The Morgan fingerprint density at radius 3 is 2.68 bits per heavy atom. The maximum atomic E-state index is 5.92. The van der Waals surface area contributed by atoms with Gasteiger partial charge in [0.1, 0.15) is 0 Å². The van der Waals surface area contributed by atoms with Crippen molar-refractivity contribution in [3.05, 3.63) is 5.28 Å². The zero-order chi connectivity index (χ0) is 13.4. The van der Waals surface area contributed by atoms with E-state index in [9.17, 15) is 0 Å². The Balaban J connectivity index is 1.63. The molecule has 0 aromatic carbocycles. The molecule has 2 aliphatic rings. The molecule has 6 heteroatoms. The lowest BCUT2D eigenvalue weighted by Crippen LogP contribution is -2.22. The van der Waals surface area contributed by atoms with Gasteiger partial charge in [0.05, 0.1) is 0 Å². The third kappa shape index (κ3) is 2.76. The highest BCUT2D eigenvalue weighted by Crippen LogP contribution is 2.48. The summed E-state index contributed by atoms with van der Waals surface area (Å²) in [5.41, 5.74) is 0. The summed E-state index contributed by atoms with van der Waals surface area (Å²) < 4.78 is 0. The van der Waals surface area contributed by atoms with Crippen LogP contribution in [0.1, 0.15) is 25.7 Å². The Morgan fingerprint density at radius 2 is 2.05 bits per heavy atom. The van der Waals surface area contributed by atoms with E-state index in [1.54, 1.807) is 0 Å². The predicted molar refractivity (Wildman–Crippen MR) is 76.6 cm³/mol. The number of anilines is 2. The molecule has 104 valence electrons. The summed E-state index contributed by atoms with van der Waals surface area (Å²) in [6, 6.07) is 0. The fraction of sp³-hybridized carbons (Fsp3) is 0.769. The third-order valence-electron chi connectivity index (χ3n) is 4.40. The van der Waals surface area contributed by atoms with Crippen molar-refractivity contribution < 1.29 is 0 Å². The number of halogens is 1. The predicted octanol–water partition coefficient (Wildman–Crippen LogP) is 2.44. The molecule has 0 spiro atoms. The van der Waals surface area contributed by atoms with E-state index in [1.807, 2.05) is 19.0 Å². The van der Waals surface area contributed by atoms with Crippen LogP contribution < -0.4 is 10.2 Å². The van der Waals surface area contributed by atoms with E-state index in [0.717, 1.165) is 24.3 Å². The van der Waals surface area contributed by atoms with Crippen molar-refractivity contribution >= 4 is 23.5 Å². The van der Waals surface area contributed by atoms with E-state index >= 15 is 0 Å². The minimum absolute atomic E-state index is 0.245. The third-order valence-corrected chi connectivity index (χ3v) is 4.57. The molecule has 1 aromatic heterocycles. The van der Waals surface area contributed by atoms with Gasteiger partial charge in [-0.1, -0.05) is 6.42 Å². The lowest BCUT2D eigenvalue weighted by Gasteiger charge is -2.22. The van der Waals surface area contributed by atoms with Crippen molar-refractivity contribution in [3.63, 3.8) is 0 Å². The monoisotopic (exact) mass is 281 g/mol. The quantitative estimate of drug-likeness (QED) is 0.919. The number of aromatic nitrogens is 3. The molecule has 19 heavy (non-hydrogen) atoms. The normalized spacial score (nSPS) is 28.7. The summed E-state index contributed by atoms with van der Waals surface area (Å²) in [7, 11) is 3.79. The van der Waals surface area contributed by atoms with Crippen LogP contribution in [-0.2, 0) is 0 Å². The zero-order valence-corrected chi connectivity index (χ0v) is 12.2. The van der Waals surface area contributed by atoms with Gasteiger partial charge >= 0.3 is 0 Å². The van der Waals surface area contributed by atoms with Gasteiger partial charge in [-0.15, -0.1) is 0 Å². The van der Waals surface area contributed by atoms with Gasteiger partial charge in [0.15, 0.2) is 0 Å². The lowest BCUT2D eigenvalue weighted by molar-refractivity contribution is 0.348. The molecular weight excluding hydrogens is 262 g/mol. The summed E-state index contributed by atoms with van der Waals surface area (Å²) in [5, 5.41) is 3.58. The Labute approximate surface area is 118 Å². The van der Waals surface area contributed by atoms with Crippen LogP contribution in [0.2, 0.25) is 5.28 Å². The fourth-order valence-corrected chi connectivity index (χ4v) is 3.62. The van der Waals surface area contributed by atoms with Crippen molar-refractivity contribution in [1.82, 2.24) is 15.0 Å². The fourth-order valence-electron chi connectivity index (χ4n) is 3.47. The molecule has 2 fully saturated rings. The maximum absolute atomic E-state index is 5.92. The summed E-state index contributed by atoms with van der Waals surface area (Å²) in [6.45, 7) is 0.953. The van der Waals surface area contributed by atoms with Crippen molar-refractivity contribution in [1.29, 1.82) is 0 Å². The van der Waals surface area contributed by atoms with E-state index in [4.69, 9.17) is 11.6 Å². The average Bonchev–Trinajstić information content (AvgIpc) is 2.97. The molecular formula is C13H20ClN5. The molecule has 0 radical (unpaired) electrons. The second kappa shape index (κ2) is 5.12. The number of nitrogens with zero attached hydrogens (tertiary/aromatic N) is 4. The van der Waals surface area contributed by atoms with Crippen molar-refractivity contribution in [2.24, 2.45) is 17.8 Å². The van der Waals surface area contributed by atoms with Crippen LogP contribution in [-0.4, -0.2) is 35.6 Å². The minimum Gasteiger partial charge on any atom is -0.354 e. The molecule has 5 nitrogen and oxygen atoms in total. The van der Waals surface area contributed by atoms with Crippen LogP contribution in [0.25, 0.3) is 0 Å². The first-order chi connectivity index (χ1) is 9.11. The van der Waals surface area contributed by atoms with Gasteiger partial charge in [-0.25, -0.2) is 0 Å². The van der Waals surface area contributed by atoms with Crippen molar-refractivity contribution in [2.45, 2.75) is 25.7 Å². The van der Waals surface area contributed by atoms with E-state index in [-0.39, 0.29) is 5.28 Å². The van der Waals surface area contributed by atoms with Crippen LogP contribution >= 0.6 is 11.6 Å². The van der Waals surface area contributed by atoms with Gasteiger partial charge in [-0.2, -0.15) is 15.0 Å². The Bertz CT molecular complexity index is 464. The molecule has 1 aromatic rings. The van der Waals surface area contributed by atoms with Gasteiger partial charge in [-0.05, 0) is 48.6 Å². The standard InChI is InChI=1S/C13H20ClN5/c1-19(2)13-17-11(14)16-12(18-13)15-7-10-6-8-3-4-9(10)5-8/h8-10H,3-7H2,1-2H3,(H,15,16,17,18). The second-order valence-electron chi connectivity index (χ2n) is 5.94. The molecule has 3 atom stereocenters. The Hall–Kier alpha value is -1.10. The summed E-state index contributed by atoms with van der Waals surface area (Å²) >= 11 is 5.92. The zero-order valence-electron chi connectivity index (χ0n) is 11.4. The van der Waals surface area contributed by atoms with E-state index in [1.165, 1.54) is 25.7 Å². The summed E-state index contributed by atoms with van der Waals surface area (Å²) in [4.78, 5) is 14.4. The number of hydrogen-bond donors (Lipinski definition) is 1. The van der Waals surface area contributed by atoms with Gasteiger partial charge < -0.3 is 10.2 Å². The van der Waals surface area contributed by atoms with E-state index in [0.29, 0.717) is 11.9 Å². The minimum atomic E-state index is 0.245. The van der Waals surface area contributed by atoms with Gasteiger partial charge in [0.2, 0.25) is 17.2 Å². The van der Waals surface area contributed by atoms with E-state index in [2.05, 4.69) is 20.3 Å². The largest absolute Gasteiger partial charge is 0.354 e.